The molecule has 1 unspecified atom stereocenters. The average Bonchev–Trinajstić information content (AvgIpc) is 3.07. The number of halogens is 1. The van der Waals surface area contributed by atoms with Crippen molar-refractivity contribution in [2.45, 2.75) is 83.7 Å². The van der Waals surface area contributed by atoms with Gasteiger partial charge in [0, 0.05) is 29.4 Å². The van der Waals surface area contributed by atoms with Crippen LogP contribution in [-0.4, -0.2) is 73.5 Å². The largest absolute Gasteiger partial charge is 0.390 e. The Morgan fingerprint density at radius 3 is 2.59 bits per heavy atom. The number of fused-ring (bicyclic) bond motifs is 5. The lowest BCUT2D eigenvalue weighted by atomic mass is 9.44. The molecular weight excluding hydrogens is 541 g/mol. The van der Waals surface area contributed by atoms with Crippen molar-refractivity contribution in [1.29, 1.82) is 0 Å². The highest BCUT2D eigenvalue weighted by atomic mass is 32.2. The summed E-state index contributed by atoms with van der Waals surface area (Å²) >= 11 is 2.29. The maximum Gasteiger partial charge on any atom is 0.217 e. The number of nitrogens with one attached hydrogen (secondary N) is 1. The van der Waals surface area contributed by atoms with Gasteiger partial charge in [0.1, 0.15) is 11.6 Å². The number of thioether (sulfide) groups is 2. The number of aliphatic hydroxyl groups excluding tert-OH is 1. The fourth-order valence-corrected chi connectivity index (χ4v) is 9.79. The first-order chi connectivity index (χ1) is 18.2. The van der Waals surface area contributed by atoms with Crippen molar-refractivity contribution in [1.82, 2.24) is 5.32 Å². The van der Waals surface area contributed by atoms with Gasteiger partial charge in [-0.25, -0.2) is 4.39 Å². The molecule has 1 amide bonds. The van der Waals surface area contributed by atoms with Crippen LogP contribution in [0, 0.1) is 28.6 Å². The summed E-state index contributed by atoms with van der Waals surface area (Å²) in [6.45, 7) is 8.58. The van der Waals surface area contributed by atoms with E-state index in [1.807, 2.05) is 6.92 Å². The van der Waals surface area contributed by atoms with Gasteiger partial charge in [0.25, 0.3) is 0 Å². The molecule has 0 bridgehead atoms. The maximum absolute atomic E-state index is 17.3. The van der Waals surface area contributed by atoms with Crippen LogP contribution in [-0.2, 0) is 19.2 Å². The minimum atomic E-state index is -2.04. The van der Waals surface area contributed by atoms with E-state index in [9.17, 15) is 29.4 Å². The summed E-state index contributed by atoms with van der Waals surface area (Å²) in [6.07, 6.45) is 4.21. The Morgan fingerprint density at radius 1 is 1.26 bits per heavy atom. The van der Waals surface area contributed by atoms with Crippen LogP contribution in [0.15, 0.2) is 23.8 Å². The van der Waals surface area contributed by atoms with Gasteiger partial charge < -0.3 is 15.5 Å². The number of alkyl halides is 1. The number of carbonyl (C=O) groups excluding carboxylic acids is 4. The standard InChI is InChI=1S/C29H40FNO6S2/c1-6-38-14-22(31-17(3)32)25(36)39-15-24(35)29(37)16(2)11-21-20-8-7-18-12-19(33)9-10-26(18,4)28(20,30)23(34)13-27(21,29)5/h9-10,12,16,20-23,34,37H,6-8,11,13-15H2,1-5H3,(H,31,32)/t16-,20-,21-,22?,23-,26-,27-,28-,29-/m0/s1. The van der Waals surface area contributed by atoms with Crippen molar-refractivity contribution in [3.05, 3.63) is 23.8 Å². The van der Waals surface area contributed by atoms with Gasteiger partial charge >= 0.3 is 0 Å². The summed E-state index contributed by atoms with van der Waals surface area (Å²) in [6, 6.07) is -0.742. The molecule has 0 heterocycles. The third kappa shape index (κ3) is 4.57. The monoisotopic (exact) mass is 581 g/mol. The Balaban J connectivity index is 1.58. The van der Waals surface area contributed by atoms with Gasteiger partial charge in [0.2, 0.25) is 11.0 Å². The minimum absolute atomic E-state index is 0.109. The van der Waals surface area contributed by atoms with Crippen LogP contribution in [0.4, 0.5) is 4.39 Å². The second-order valence-electron chi connectivity index (χ2n) is 12.1. The van der Waals surface area contributed by atoms with E-state index >= 15 is 4.39 Å². The van der Waals surface area contributed by atoms with Gasteiger partial charge in [-0.2, -0.15) is 11.8 Å². The lowest BCUT2D eigenvalue weighted by Gasteiger charge is -2.62. The molecule has 3 saturated carbocycles. The van der Waals surface area contributed by atoms with Crippen molar-refractivity contribution >= 4 is 46.1 Å². The molecule has 0 aliphatic heterocycles. The van der Waals surface area contributed by atoms with Crippen LogP contribution >= 0.6 is 23.5 Å². The zero-order valence-corrected chi connectivity index (χ0v) is 24.9. The number of aliphatic hydroxyl groups is 2. The molecule has 9 atom stereocenters. The summed E-state index contributed by atoms with van der Waals surface area (Å²) in [5, 5.41) is 25.8. The summed E-state index contributed by atoms with van der Waals surface area (Å²) in [4.78, 5) is 50.3. The molecule has 7 nitrogen and oxygen atoms in total. The fourth-order valence-electron chi connectivity index (χ4n) is 8.14. The smallest absolute Gasteiger partial charge is 0.217 e. The number of hydrogen-bond donors (Lipinski definition) is 3. The van der Waals surface area contributed by atoms with Crippen LogP contribution < -0.4 is 5.32 Å². The lowest BCUT2D eigenvalue weighted by Crippen LogP contribution is -2.69. The highest BCUT2D eigenvalue weighted by Gasteiger charge is 2.75. The van der Waals surface area contributed by atoms with E-state index in [0.717, 1.165) is 17.5 Å². The van der Waals surface area contributed by atoms with Crippen molar-refractivity contribution < 1.29 is 33.8 Å². The van der Waals surface area contributed by atoms with Gasteiger partial charge in [-0.1, -0.05) is 44.2 Å². The molecule has 39 heavy (non-hydrogen) atoms. The first-order valence-corrected chi connectivity index (χ1v) is 15.9. The van der Waals surface area contributed by atoms with Crippen molar-refractivity contribution in [2.24, 2.45) is 28.6 Å². The molecular formula is C29H40FNO6S2. The minimum Gasteiger partial charge on any atom is -0.390 e. The van der Waals surface area contributed by atoms with E-state index in [-0.39, 0.29) is 34.9 Å². The second-order valence-corrected chi connectivity index (χ2v) is 14.4. The summed E-state index contributed by atoms with van der Waals surface area (Å²) < 4.78 is 17.3. The normalized spacial score (nSPS) is 41.6. The summed E-state index contributed by atoms with van der Waals surface area (Å²) in [7, 11) is 0. The van der Waals surface area contributed by atoms with E-state index in [1.165, 1.54) is 30.8 Å². The quantitative estimate of drug-likeness (QED) is 0.399. The van der Waals surface area contributed by atoms with Crippen LogP contribution in [0.5, 0.6) is 0 Å². The highest BCUT2D eigenvalue weighted by Crippen LogP contribution is 2.70. The number of Topliss-reactive ketones (excluding diaryl/α,β-unsaturated/α-hetero) is 1. The Morgan fingerprint density at radius 2 is 1.95 bits per heavy atom. The first-order valence-electron chi connectivity index (χ1n) is 13.7. The van der Waals surface area contributed by atoms with Gasteiger partial charge in [0.05, 0.1) is 11.9 Å². The van der Waals surface area contributed by atoms with Crippen LogP contribution in [0.2, 0.25) is 0 Å². The topological polar surface area (TPSA) is 121 Å². The zero-order valence-electron chi connectivity index (χ0n) is 23.3. The molecule has 4 aliphatic rings. The first kappa shape index (κ1) is 30.5. The molecule has 3 N–H and O–H groups in total. The van der Waals surface area contributed by atoms with Gasteiger partial charge in [-0.05, 0) is 62.3 Å². The molecule has 0 radical (unpaired) electrons. The van der Waals surface area contributed by atoms with E-state index in [2.05, 4.69) is 5.32 Å². The van der Waals surface area contributed by atoms with Crippen LogP contribution in [0.1, 0.15) is 60.3 Å². The van der Waals surface area contributed by atoms with Crippen molar-refractivity contribution in [2.75, 3.05) is 17.3 Å². The number of allylic oxidation sites excluding steroid dienone is 4. The van der Waals surface area contributed by atoms with Crippen molar-refractivity contribution in [3.63, 3.8) is 0 Å². The van der Waals surface area contributed by atoms with Crippen LogP contribution in [0.3, 0.4) is 0 Å². The average molecular weight is 582 g/mol. The van der Waals surface area contributed by atoms with E-state index in [1.54, 1.807) is 26.8 Å². The number of hydrogen-bond acceptors (Lipinski definition) is 8. The molecule has 3 fully saturated rings. The Kier molecular flexibility index (Phi) is 8.38. The Bertz CT molecular complexity index is 1130. The summed E-state index contributed by atoms with van der Waals surface area (Å²) in [5.74, 6) is -1.62. The Labute approximate surface area is 238 Å². The van der Waals surface area contributed by atoms with Crippen LogP contribution in [0.25, 0.3) is 0 Å². The van der Waals surface area contributed by atoms with Gasteiger partial charge in [0.15, 0.2) is 17.2 Å². The number of carbonyl (C=O) groups is 4. The molecule has 0 aromatic rings. The molecule has 216 valence electrons. The molecule has 0 aromatic carbocycles. The summed E-state index contributed by atoms with van der Waals surface area (Å²) in [5.41, 5.74) is -5.44. The number of amides is 1. The van der Waals surface area contributed by atoms with E-state index < -0.39 is 51.9 Å². The fraction of sp³-hybridized carbons (Fsp3) is 0.724. The molecule has 0 aromatic heterocycles. The maximum atomic E-state index is 17.3. The predicted molar refractivity (Wildman–Crippen MR) is 151 cm³/mol. The third-order valence-electron chi connectivity index (χ3n) is 10.1. The molecule has 4 aliphatic carbocycles. The highest BCUT2D eigenvalue weighted by molar-refractivity contribution is 8.14. The SMILES string of the molecule is CCSCC(NC(C)=O)C(=O)SCC(=O)[C@@]1(O)[C@@H](C)C[C@H]2[C@@H]3CCC4=CC(=O)C=C[C@]4(C)[C@@]3(F)[C@@H](O)C[C@@]21C. The number of ketones is 2. The number of rotatable bonds is 8. The zero-order chi connectivity index (χ0) is 29.0. The van der Waals surface area contributed by atoms with E-state index in [0.29, 0.717) is 30.6 Å². The van der Waals surface area contributed by atoms with E-state index in [4.69, 9.17) is 0 Å². The molecule has 0 spiro atoms. The second kappa shape index (κ2) is 10.7. The van der Waals surface area contributed by atoms with Crippen molar-refractivity contribution in [3.8, 4) is 0 Å². The molecule has 10 heteroatoms. The third-order valence-corrected chi connectivity index (χ3v) is 12.1. The molecule has 4 rings (SSSR count). The Hall–Kier alpha value is -1.49. The van der Waals surface area contributed by atoms with Gasteiger partial charge in [-0.3, -0.25) is 19.2 Å². The van der Waals surface area contributed by atoms with Gasteiger partial charge in [-0.15, -0.1) is 0 Å². The lowest BCUT2D eigenvalue weighted by molar-refractivity contribution is -0.218. The predicted octanol–water partition coefficient (Wildman–Crippen LogP) is 3.42. The molecule has 0 saturated heterocycles.